The van der Waals surface area contributed by atoms with Crippen LogP contribution in [0.15, 0.2) is 53.4 Å². The molecule has 1 saturated heterocycles. The van der Waals surface area contributed by atoms with Crippen molar-refractivity contribution >= 4 is 27.6 Å². The number of carbonyl (C=O) groups is 2. The maximum absolute atomic E-state index is 13.2. The first kappa shape index (κ1) is 24.5. The van der Waals surface area contributed by atoms with Crippen LogP contribution < -0.4 is 21.1 Å². The molecule has 3 amide bonds. The maximum Gasteiger partial charge on any atom is 0.312 e. The summed E-state index contributed by atoms with van der Waals surface area (Å²) in [6.45, 7) is 3.15. The number of nitrogens with one attached hydrogen (secondary N) is 2. The number of nitrogens with two attached hydrogens (primary N) is 1. The smallest absolute Gasteiger partial charge is 0.312 e. The first-order valence-electron chi connectivity index (χ1n) is 10.6. The van der Waals surface area contributed by atoms with Crippen LogP contribution in [0.2, 0.25) is 0 Å². The van der Waals surface area contributed by atoms with Gasteiger partial charge in [-0.25, -0.2) is 13.2 Å². The molecule has 0 saturated carbocycles. The summed E-state index contributed by atoms with van der Waals surface area (Å²) >= 11 is 0. The third kappa shape index (κ3) is 6.44. The molecule has 1 aliphatic rings. The molecule has 0 bridgehead atoms. The number of benzene rings is 2. The first-order valence-corrected chi connectivity index (χ1v) is 12.0. The Morgan fingerprint density at radius 2 is 1.85 bits per heavy atom. The van der Waals surface area contributed by atoms with Gasteiger partial charge in [0.25, 0.3) is 0 Å². The highest BCUT2D eigenvalue weighted by molar-refractivity contribution is 7.89. The molecule has 1 unspecified atom stereocenters. The number of sulfonamides is 1. The zero-order chi connectivity index (χ0) is 23.8. The minimum Gasteiger partial charge on any atom is -0.492 e. The normalized spacial score (nSPS) is 15.4. The molecular weight excluding hydrogens is 448 g/mol. The minimum absolute atomic E-state index is 0.0288. The molecule has 2 aromatic carbocycles. The van der Waals surface area contributed by atoms with Crippen LogP contribution in [0.1, 0.15) is 24.9 Å². The summed E-state index contributed by atoms with van der Waals surface area (Å²) in [6, 6.07) is 12.0. The summed E-state index contributed by atoms with van der Waals surface area (Å²) in [6.07, 6.45) is -0.0916. The Bertz CT molecular complexity index is 1070. The maximum atomic E-state index is 13.2. The van der Waals surface area contributed by atoms with Crippen molar-refractivity contribution in [3.8, 4) is 5.75 Å². The van der Waals surface area contributed by atoms with E-state index < -0.39 is 28.0 Å². The Morgan fingerprint density at radius 3 is 2.48 bits per heavy atom. The van der Waals surface area contributed by atoms with Gasteiger partial charge in [-0.2, -0.15) is 4.31 Å². The van der Waals surface area contributed by atoms with Gasteiger partial charge in [0.15, 0.2) is 0 Å². The number of carbonyl (C=O) groups excluding carboxylic acids is 2. The second kappa shape index (κ2) is 11.1. The van der Waals surface area contributed by atoms with Gasteiger partial charge in [-0.05, 0) is 30.7 Å². The summed E-state index contributed by atoms with van der Waals surface area (Å²) in [5.41, 5.74) is 6.28. The lowest BCUT2D eigenvalue weighted by molar-refractivity contribution is -0.116. The summed E-state index contributed by atoms with van der Waals surface area (Å²) in [5.74, 6) is -0.212. The topological polar surface area (TPSA) is 140 Å². The highest BCUT2D eigenvalue weighted by Gasteiger charge is 2.30. The predicted molar refractivity (Wildman–Crippen MR) is 122 cm³/mol. The molecule has 1 atom stereocenters. The fraction of sp³-hybridized carbons (Fsp3) is 0.364. The minimum atomic E-state index is -3.85. The summed E-state index contributed by atoms with van der Waals surface area (Å²) in [7, 11) is -3.85. The van der Waals surface area contributed by atoms with Gasteiger partial charge in [0.2, 0.25) is 15.9 Å². The van der Waals surface area contributed by atoms with E-state index in [1.807, 2.05) is 6.07 Å². The molecule has 0 radical (unpaired) electrons. The van der Waals surface area contributed by atoms with Gasteiger partial charge in [0.1, 0.15) is 10.6 Å². The van der Waals surface area contributed by atoms with Crippen molar-refractivity contribution in [3.63, 3.8) is 0 Å². The highest BCUT2D eigenvalue weighted by atomic mass is 32.2. The summed E-state index contributed by atoms with van der Waals surface area (Å²) in [5, 5.41) is 5.27. The van der Waals surface area contributed by atoms with Crippen LogP contribution >= 0.6 is 0 Å². The van der Waals surface area contributed by atoms with Crippen molar-refractivity contribution in [1.82, 2.24) is 9.62 Å². The van der Waals surface area contributed by atoms with E-state index in [1.165, 1.54) is 16.4 Å². The van der Waals surface area contributed by atoms with Crippen LogP contribution in [0, 0.1) is 0 Å². The average Bonchev–Trinajstić information content (AvgIpc) is 2.80. The number of primary amides is 1. The summed E-state index contributed by atoms with van der Waals surface area (Å²) < 4.78 is 38.6. The van der Waals surface area contributed by atoms with E-state index in [-0.39, 0.29) is 36.8 Å². The lowest BCUT2D eigenvalue weighted by atomic mass is 10.0. The SMILES string of the molecule is CCOc1ccc(NC(=O)CC(NC(N)=O)c2ccccc2)cc1S(=O)(=O)N1CCOCC1. The monoisotopic (exact) mass is 476 g/mol. The highest BCUT2D eigenvalue weighted by Crippen LogP contribution is 2.31. The number of amides is 3. The van der Waals surface area contributed by atoms with Crippen LogP contribution in [0.5, 0.6) is 5.75 Å². The van der Waals surface area contributed by atoms with Gasteiger partial charge in [0, 0.05) is 18.8 Å². The lowest BCUT2D eigenvalue weighted by Gasteiger charge is -2.27. The van der Waals surface area contributed by atoms with Gasteiger partial charge >= 0.3 is 6.03 Å². The standard InChI is InChI=1S/C22H28N4O6S/c1-2-32-19-9-8-17(14-20(19)33(29,30)26-10-12-31-13-11-26)24-21(27)15-18(25-22(23)28)16-6-4-3-5-7-16/h3-9,14,18H,2,10-13,15H2,1H3,(H,24,27)(H3,23,25,28). The Labute approximate surface area is 193 Å². The largest absolute Gasteiger partial charge is 0.492 e. The van der Waals surface area contributed by atoms with Crippen molar-refractivity contribution in [2.24, 2.45) is 5.73 Å². The zero-order valence-electron chi connectivity index (χ0n) is 18.3. The molecule has 2 aromatic rings. The van der Waals surface area contributed by atoms with Gasteiger partial charge < -0.3 is 25.8 Å². The molecule has 3 rings (SSSR count). The number of urea groups is 1. The number of ether oxygens (including phenoxy) is 2. The van der Waals surface area contributed by atoms with Crippen LogP contribution in [0.4, 0.5) is 10.5 Å². The van der Waals surface area contributed by atoms with Gasteiger partial charge in [-0.1, -0.05) is 30.3 Å². The number of rotatable bonds is 9. The molecule has 0 aliphatic carbocycles. The quantitative estimate of drug-likeness (QED) is 0.505. The second-order valence-corrected chi connectivity index (χ2v) is 9.24. The van der Waals surface area contributed by atoms with E-state index in [0.717, 1.165) is 0 Å². The molecule has 11 heteroatoms. The average molecular weight is 477 g/mol. The molecular formula is C22H28N4O6S. The Kier molecular flexibility index (Phi) is 8.26. The molecule has 10 nitrogen and oxygen atoms in total. The van der Waals surface area contributed by atoms with Crippen LogP contribution in [-0.4, -0.2) is 57.6 Å². The van der Waals surface area contributed by atoms with E-state index in [9.17, 15) is 18.0 Å². The lowest BCUT2D eigenvalue weighted by Crippen LogP contribution is -2.40. The van der Waals surface area contributed by atoms with Crippen LogP contribution in [-0.2, 0) is 19.6 Å². The van der Waals surface area contributed by atoms with E-state index in [4.69, 9.17) is 15.2 Å². The van der Waals surface area contributed by atoms with Crippen molar-refractivity contribution in [2.45, 2.75) is 24.3 Å². The molecule has 1 heterocycles. The van der Waals surface area contributed by atoms with Crippen molar-refractivity contribution < 1.29 is 27.5 Å². The third-order valence-corrected chi connectivity index (χ3v) is 6.94. The van der Waals surface area contributed by atoms with Gasteiger partial charge in [0.05, 0.1) is 32.3 Å². The summed E-state index contributed by atoms with van der Waals surface area (Å²) in [4.78, 5) is 24.1. The van der Waals surface area contributed by atoms with Gasteiger partial charge in [-0.15, -0.1) is 0 Å². The Morgan fingerprint density at radius 1 is 1.15 bits per heavy atom. The van der Waals surface area contributed by atoms with Crippen molar-refractivity contribution in [2.75, 3.05) is 38.2 Å². The van der Waals surface area contributed by atoms with Crippen molar-refractivity contribution in [1.29, 1.82) is 0 Å². The molecule has 0 spiro atoms. The van der Waals surface area contributed by atoms with E-state index in [1.54, 1.807) is 37.3 Å². The van der Waals surface area contributed by atoms with E-state index in [0.29, 0.717) is 24.5 Å². The van der Waals surface area contributed by atoms with Crippen molar-refractivity contribution in [3.05, 3.63) is 54.1 Å². The molecule has 1 fully saturated rings. The zero-order valence-corrected chi connectivity index (χ0v) is 19.1. The number of morpholine rings is 1. The van der Waals surface area contributed by atoms with Crippen LogP contribution in [0.3, 0.4) is 0 Å². The van der Waals surface area contributed by atoms with Gasteiger partial charge in [-0.3, -0.25) is 4.79 Å². The van der Waals surface area contributed by atoms with E-state index in [2.05, 4.69) is 10.6 Å². The van der Waals surface area contributed by atoms with E-state index >= 15 is 0 Å². The second-order valence-electron chi connectivity index (χ2n) is 7.34. The fourth-order valence-corrected chi connectivity index (χ4v) is 5.06. The molecule has 1 aliphatic heterocycles. The molecule has 178 valence electrons. The number of nitrogens with zero attached hydrogens (tertiary/aromatic N) is 1. The third-order valence-electron chi connectivity index (χ3n) is 5.02. The first-order chi connectivity index (χ1) is 15.8. The molecule has 4 N–H and O–H groups in total. The molecule has 33 heavy (non-hydrogen) atoms. The van der Waals surface area contributed by atoms with Crippen LogP contribution in [0.25, 0.3) is 0 Å². The Hall–Kier alpha value is -3.15. The number of anilines is 1. The fourth-order valence-electron chi connectivity index (χ4n) is 3.49. The predicted octanol–water partition coefficient (Wildman–Crippen LogP) is 1.84. The number of hydrogen-bond acceptors (Lipinski definition) is 6. The Balaban J connectivity index is 1.82. The number of hydrogen-bond donors (Lipinski definition) is 3. The molecule has 0 aromatic heterocycles.